The summed E-state index contributed by atoms with van der Waals surface area (Å²) in [5.41, 5.74) is 3.18. The number of hydrogen-bond donors (Lipinski definition) is 0. The molecule has 4 heterocycles. The summed E-state index contributed by atoms with van der Waals surface area (Å²) in [7, 11) is 0. The number of thiophene rings is 1. The van der Waals surface area contributed by atoms with Crippen molar-refractivity contribution >= 4 is 17.2 Å². The molecular formula is C19H20N4OS. The Bertz CT molecular complexity index is 838. The number of rotatable bonds is 3. The summed E-state index contributed by atoms with van der Waals surface area (Å²) in [6.07, 6.45) is 3.77. The Morgan fingerprint density at radius 2 is 2.00 bits per heavy atom. The molecule has 0 spiro atoms. The lowest BCUT2D eigenvalue weighted by Crippen LogP contribution is -2.43. The van der Waals surface area contributed by atoms with Crippen LogP contribution >= 0.6 is 11.3 Å². The minimum atomic E-state index is 0.0784. The topological polar surface area (TPSA) is 51.1 Å². The number of ether oxygens (including phenoxy) is 1. The van der Waals surface area contributed by atoms with Gasteiger partial charge in [0.15, 0.2) is 5.82 Å². The van der Waals surface area contributed by atoms with Crippen LogP contribution in [-0.4, -0.2) is 34.1 Å². The molecule has 0 radical (unpaired) electrons. The highest BCUT2D eigenvalue weighted by atomic mass is 32.1. The Morgan fingerprint density at radius 1 is 1.16 bits per heavy atom. The van der Waals surface area contributed by atoms with E-state index in [2.05, 4.69) is 38.6 Å². The number of aromatic nitrogens is 3. The zero-order chi connectivity index (χ0) is 17.2. The van der Waals surface area contributed by atoms with E-state index in [9.17, 15) is 0 Å². The van der Waals surface area contributed by atoms with E-state index in [-0.39, 0.29) is 12.2 Å². The Kier molecular flexibility index (Phi) is 4.46. The number of nitrogens with zero attached hydrogens (tertiary/aromatic N) is 4. The quantitative estimate of drug-likeness (QED) is 0.716. The minimum Gasteiger partial charge on any atom is -0.367 e. The van der Waals surface area contributed by atoms with Gasteiger partial charge in [-0.15, -0.1) is 0 Å². The first-order chi connectivity index (χ1) is 12.2. The molecule has 1 aliphatic rings. The Hall–Kier alpha value is -2.31. The molecule has 1 saturated heterocycles. The maximum Gasteiger partial charge on any atom is 0.161 e. The third-order valence-electron chi connectivity index (χ3n) is 4.28. The third-order valence-corrected chi connectivity index (χ3v) is 4.98. The van der Waals surface area contributed by atoms with Crippen molar-refractivity contribution in [3.63, 3.8) is 0 Å². The summed E-state index contributed by atoms with van der Waals surface area (Å²) in [5, 5.41) is 4.26. The highest BCUT2D eigenvalue weighted by molar-refractivity contribution is 7.07. The number of morpholine rings is 1. The molecular weight excluding hydrogens is 332 g/mol. The second kappa shape index (κ2) is 6.90. The molecule has 0 bridgehead atoms. The van der Waals surface area contributed by atoms with Gasteiger partial charge in [0.25, 0.3) is 0 Å². The first kappa shape index (κ1) is 16.2. The van der Waals surface area contributed by atoms with E-state index in [0.29, 0.717) is 0 Å². The molecule has 25 heavy (non-hydrogen) atoms. The number of pyridine rings is 1. The molecule has 5 nitrogen and oxygen atoms in total. The smallest absolute Gasteiger partial charge is 0.161 e. The van der Waals surface area contributed by atoms with Crippen LogP contribution in [0.1, 0.15) is 24.3 Å². The van der Waals surface area contributed by atoms with Crippen LogP contribution in [0.4, 0.5) is 5.82 Å². The lowest BCUT2D eigenvalue weighted by atomic mass is 10.1. The molecule has 3 aromatic heterocycles. The third kappa shape index (κ3) is 3.55. The van der Waals surface area contributed by atoms with Gasteiger partial charge in [-0.25, -0.2) is 9.97 Å². The maximum absolute atomic E-state index is 6.14. The van der Waals surface area contributed by atoms with Crippen molar-refractivity contribution in [2.24, 2.45) is 0 Å². The van der Waals surface area contributed by atoms with Crippen LogP contribution in [-0.2, 0) is 4.74 Å². The molecule has 0 N–H and O–H groups in total. The van der Waals surface area contributed by atoms with E-state index in [1.165, 1.54) is 5.56 Å². The van der Waals surface area contributed by atoms with Crippen LogP contribution in [0.2, 0.25) is 0 Å². The largest absolute Gasteiger partial charge is 0.367 e. The summed E-state index contributed by atoms with van der Waals surface area (Å²) in [5.74, 6) is 1.69. The van der Waals surface area contributed by atoms with Gasteiger partial charge in [0, 0.05) is 42.8 Å². The van der Waals surface area contributed by atoms with Crippen molar-refractivity contribution in [2.75, 3.05) is 18.0 Å². The Morgan fingerprint density at radius 3 is 2.76 bits per heavy atom. The number of hydrogen-bond acceptors (Lipinski definition) is 6. The SMILES string of the molecule is Cc1cc(N2C[C@H](C)O[C@@H](c3ccsc3)C2)nc(-c2ccncc2)n1. The van der Waals surface area contributed by atoms with Gasteiger partial charge < -0.3 is 9.64 Å². The predicted molar refractivity (Wildman–Crippen MR) is 99.8 cm³/mol. The van der Waals surface area contributed by atoms with Crippen LogP contribution in [0.5, 0.6) is 0 Å². The van der Waals surface area contributed by atoms with Crippen LogP contribution < -0.4 is 4.90 Å². The van der Waals surface area contributed by atoms with Gasteiger partial charge in [-0.3, -0.25) is 4.98 Å². The zero-order valence-electron chi connectivity index (χ0n) is 14.3. The van der Waals surface area contributed by atoms with Crippen molar-refractivity contribution in [1.29, 1.82) is 0 Å². The molecule has 0 saturated carbocycles. The molecule has 2 atom stereocenters. The molecule has 128 valence electrons. The van der Waals surface area contributed by atoms with Gasteiger partial charge in [-0.2, -0.15) is 11.3 Å². The predicted octanol–water partition coefficient (Wildman–Crippen LogP) is 3.87. The van der Waals surface area contributed by atoms with Crippen LogP contribution in [0.25, 0.3) is 11.4 Å². The molecule has 0 amide bonds. The van der Waals surface area contributed by atoms with E-state index >= 15 is 0 Å². The van der Waals surface area contributed by atoms with Crippen molar-refractivity contribution < 1.29 is 4.74 Å². The van der Waals surface area contributed by atoms with Crippen molar-refractivity contribution in [2.45, 2.75) is 26.1 Å². The fourth-order valence-corrected chi connectivity index (χ4v) is 3.83. The van der Waals surface area contributed by atoms with Gasteiger partial charge in [0.1, 0.15) is 11.9 Å². The number of aryl methyl sites for hydroxylation is 1. The average Bonchev–Trinajstić information content (AvgIpc) is 3.16. The van der Waals surface area contributed by atoms with E-state index < -0.39 is 0 Å². The van der Waals surface area contributed by atoms with Crippen molar-refractivity contribution in [1.82, 2.24) is 15.0 Å². The van der Waals surface area contributed by atoms with E-state index in [0.717, 1.165) is 36.0 Å². The molecule has 3 aromatic rings. The van der Waals surface area contributed by atoms with Gasteiger partial charge in [0.2, 0.25) is 0 Å². The standard InChI is InChI=1S/C19H20N4OS/c1-13-9-18(22-19(21-13)15-3-6-20-7-4-15)23-10-14(2)24-17(11-23)16-5-8-25-12-16/h3-9,12,14,17H,10-11H2,1-2H3/t14-,17+/m0/s1. The zero-order valence-corrected chi connectivity index (χ0v) is 15.1. The van der Waals surface area contributed by atoms with Crippen molar-refractivity contribution in [3.05, 3.63) is 58.7 Å². The van der Waals surface area contributed by atoms with Gasteiger partial charge in [-0.1, -0.05) is 0 Å². The van der Waals surface area contributed by atoms with Gasteiger partial charge in [0.05, 0.1) is 6.10 Å². The lowest BCUT2D eigenvalue weighted by Gasteiger charge is -2.37. The van der Waals surface area contributed by atoms with E-state index in [1.807, 2.05) is 25.1 Å². The monoisotopic (exact) mass is 352 g/mol. The minimum absolute atomic E-state index is 0.0784. The van der Waals surface area contributed by atoms with E-state index in [1.54, 1.807) is 23.7 Å². The average molecular weight is 352 g/mol. The summed E-state index contributed by atoms with van der Waals surface area (Å²) >= 11 is 1.70. The van der Waals surface area contributed by atoms with Crippen LogP contribution in [0, 0.1) is 6.92 Å². The maximum atomic E-state index is 6.14. The summed E-state index contributed by atoms with van der Waals surface area (Å²) < 4.78 is 6.14. The summed E-state index contributed by atoms with van der Waals surface area (Å²) in [6.45, 7) is 5.75. The normalized spacial score (nSPS) is 20.6. The van der Waals surface area contributed by atoms with E-state index in [4.69, 9.17) is 9.72 Å². The molecule has 0 aliphatic carbocycles. The van der Waals surface area contributed by atoms with Gasteiger partial charge >= 0.3 is 0 Å². The Labute approximate surface area is 151 Å². The number of anilines is 1. The first-order valence-corrected chi connectivity index (χ1v) is 9.32. The molecule has 0 aromatic carbocycles. The fourth-order valence-electron chi connectivity index (χ4n) is 3.12. The first-order valence-electron chi connectivity index (χ1n) is 8.37. The second-order valence-electron chi connectivity index (χ2n) is 6.32. The van der Waals surface area contributed by atoms with Gasteiger partial charge in [-0.05, 0) is 48.4 Å². The summed E-state index contributed by atoms with van der Waals surface area (Å²) in [6, 6.07) is 8.07. The summed E-state index contributed by atoms with van der Waals surface area (Å²) in [4.78, 5) is 15.8. The highest BCUT2D eigenvalue weighted by Crippen LogP contribution is 2.30. The second-order valence-corrected chi connectivity index (χ2v) is 7.10. The molecule has 4 rings (SSSR count). The molecule has 1 aliphatic heterocycles. The Balaban J connectivity index is 1.65. The molecule has 6 heteroatoms. The fraction of sp³-hybridized carbons (Fsp3) is 0.316. The van der Waals surface area contributed by atoms with Crippen molar-refractivity contribution in [3.8, 4) is 11.4 Å². The molecule has 1 fully saturated rings. The highest BCUT2D eigenvalue weighted by Gasteiger charge is 2.28. The van der Waals surface area contributed by atoms with Crippen LogP contribution in [0.15, 0.2) is 47.4 Å². The van der Waals surface area contributed by atoms with Crippen LogP contribution in [0.3, 0.4) is 0 Å². The molecule has 0 unspecified atom stereocenters. The lowest BCUT2D eigenvalue weighted by molar-refractivity contribution is -0.0174.